The zero-order valence-electron chi connectivity index (χ0n) is 58.4. The number of aromatic nitrogens is 9. The number of aliphatic hydroxyl groups excluding tert-OH is 4. The molecule has 5 aliphatic rings. The van der Waals surface area contributed by atoms with Gasteiger partial charge in [-0.3, -0.25) is 8.98 Å². The number of carbonyl (C=O) groups excluding carboxylic acids is 1. The number of aliphatic hydroxyl groups is 4. The Morgan fingerprint density at radius 1 is 0.614 bits per heavy atom. The summed E-state index contributed by atoms with van der Waals surface area (Å²) in [6.07, 6.45) is 15.1. The van der Waals surface area contributed by atoms with Gasteiger partial charge in [0.05, 0.1) is 60.1 Å². The van der Waals surface area contributed by atoms with Crippen molar-refractivity contribution in [3.05, 3.63) is 144 Å². The Labute approximate surface area is 672 Å². The van der Waals surface area contributed by atoms with E-state index in [0.29, 0.717) is 17.2 Å². The quantitative estimate of drug-likeness (QED) is 0.0207. The van der Waals surface area contributed by atoms with E-state index in [1.807, 2.05) is 129 Å². The molecule has 27 nitrogen and oxygen atoms in total. The van der Waals surface area contributed by atoms with E-state index in [1.54, 1.807) is 33.7 Å². The molecule has 9 N–H and O–H groups in total. The first-order chi connectivity index (χ1) is 47.2. The Hall–Kier alpha value is -5.93. The summed E-state index contributed by atoms with van der Waals surface area (Å²) >= 11 is 0. The van der Waals surface area contributed by atoms with Crippen LogP contribution in [-0.2, 0) is 43.1 Å². The van der Waals surface area contributed by atoms with E-state index in [2.05, 4.69) is 94.1 Å². The van der Waals surface area contributed by atoms with Gasteiger partial charge in [-0.25, -0.2) is 20.1 Å². The molecule has 9 aromatic rings. The van der Waals surface area contributed by atoms with Gasteiger partial charge in [0.15, 0.2) is 28.5 Å². The number of terminal acetylenes is 2. The van der Waals surface area contributed by atoms with E-state index in [-0.39, 0.29) is 185 Å². The molecule has 5 fully saturated rings. The number of hydrogen-bond donors (Lipinski definition) is 8. The van der Waals surface area contributed by atoms with Crippen molar-refractivity contribution in [2.24, 2.45) is 22.9 Å². The first-order valence-corrected chi connectivity index (χ1v) is 37.0. The minimum Gasteiger partial charge on any atom is -1.00 e. The van der Waals surface area contributed by atoms with Crippen LogP contribution in [0.2, 0.25) is 19.6 Å². The van der Waals surface area contributed by atoms with Gasteiger partial charge in [0.1, 0.15) is 43.8 Å². The van der Waals surface area contributed by atoms with Gasteiger partial charge in [0.25, 0.3) is 6.47 Å². The van der Waals surface area contributed by atoms with Crippen LogP contribution >= 0.6 is 0 Å². The number of nitrogens with two attached hydrogens (primary N) is 1. The molecule has 3 aromatic carbocycles. The molecule has 0 spiro atoms. The second kappa shape index (κ2) is 33.9. The van der Waals surface area contributed by atoms with Crippen molar-refractivity contribution >= 4 is 59.2 Å². The molecule has 14 rings (SSSR count). The van der Waals surface area contributed by atoms with Crippen molar-refractivity contribution < 1.29 is 171 Å². The summed E-state index contributed by atoms with van der Waals surface area (Å²) in [6, 6.07) is 34.0. The minimum absolute atomic E-state index is 0. The van der Waals surface area contributed by atoms with Crippen molar-refractivity contribution in [1.82, 2.24) is 43.8 Å². The molecule has 0 radical (unpaired) electrons. The van der Waals surface area contributed by atoms with Crippen LogP contribution in [0.3, 0.4) is 0 Å². The molecule has 0 bridgehead atoms. The standard InChI is InChI=1S/C26H32N4O3Si.C23H24N4O3.C20H21N5O5S.CH2O3.2K.H/c1-26(2)32-24-19(16-31)14-21(25(24)33-26)28-22-9-11-27-23-15-20(29-30(22)23)18-8-6-7-17(13-18)10-12-34(3,4)5;1-4-14-6-5-7-15(10-14)17-12-20-24-9-8-19(27(20)26-17)25-18-11-16(13-28)21-22(18)30-23(2,3)29-21;1-2-12-4-3-5-13(8-12)15-10-18-22-7-6-17(25(18)24-15)23-16-9-14(19(26)20(16)27)11-30-31(21,28)29;2-1-4-3;;;/h6-9,11,13,15,19,21,24-25,28,31H,14,16H2,1-5H3;1,5-10,12,16,18,21-22,25,28H,11,13H2,2-3H3;1,3-8,10,14,16,19-20,23,26-27H,9,11H2,(H2,21,28,29);1,3H;;;/q;;;;2*+1;-1/p-1/t19-,21-,24-,25+;16-,18-,21-,22+;14-,16-,19-,20+;;;;/m111..../s1. The van der Waals surface area contributed by atoms with Crippen molar-refractivity contribution in [3.63, 3.8) is 0 Å². The van der Waals surface area contributed by atoms with Gasteiger partial charge in [-0.1, -0.05) is 73.8 Å². The molecule has 520 valence electrons. The molecule has 0 amide bonds. The van der Waals surface area contributed by atoms with Gasteiger partial charge >= 0.3 is 113 Å². The summed E-state index contributed by atoms with van der Waals surface area (Å²) < 4.78 is 56.3. The average molecular weight is 1460 g/mol. The molecule has 6 aromatic heterocycles. The minimum atomic E-state index is -4.13. The van der Waals surface area contributed by atoms with E-state index in [0.717, 1.165) is 80.5 Å². The predicted molar refractivity (Wildman–Crippen MR) is 369 cm³/mol. The van der Waals surface area contributed by atoms with Gasteiger partial charge in [-0.05, 0) is 102 Å². The molecular formula is C70H79K2N13O14SSi. The maximum Gasteiger partial charge on any atom is 1.00 e. The van der Waals surface area contributed by atoms with Crippen LogP contribution in [-0.4, -0.2) is 173 Å². The van der Waals surface area contributed by atoms with Gasteiger partial charge in [-0.15, -0.1) is 18.4 Å². The number of rotatable bonds is 15. The molecule has 2 saturated heterocycles. The summed E-state index contributed by atoms with van der Waals surface area (Å²) in [4.78, 5) is 24.5. The van der Waals surface area contributed by atoms with Crippen LogP contribution in [0.15, 0.2) is 128 Å². The number of benzene rings is 3. The van der Waals surface area contributed by atoms with Crippen molar-refractivity contribution in [2.45, 2.75) is 133 Å². The van der Waals surface area contributed by atoms with Crippen LogP contribution in [0, 0.1) is 53.9 Å². The molecule has 12 atom stereocenters. The first kappa shape index (κ1) is 79.2. The van der Waals surface area contributed by atoms with Crippen molar-refractivity contribution in [3.8, 4) is 69.9 Å². The molecule has 31 heteroatoms. The molecule has 3 aliphatic carbocycles. The smallest absolute Gasteiger partial charge is 1.00 e. The van der Waals surface area contributed by atoms with Gasteiger partial charge in [-0.2, -0.15) is 37.3 Å². The first-order valence-electron chi connectivity index (χ1n) is 32.1. The third-order valence-corrected chi connectivity index (χ3v) is 18.7. The van der Waals surface area contributed by atoms with Crippen molar-refractivity contribution in [1.29, 1.82) is 0 Å². The van der Waals surface area contributed by atoms with E-state index in [9.17, 15) is 28.8 Å². The summed E-state index contributed by atoms with van der Waals surface area (Å²) in [6.45, 7) is 14.0. The maximum atomic E-state index is 11.0. The summed E-state index contributed by atoms with van der Waals surface area (Å²) in [5, 5.41) is 78.2. The number of anilines is 3. The van der Waals surface area contributed by atoms with Gasteiger partial charge in [0.2, 0.25) is 0 Å². The molecule has 8 heterocycles. The normalized spacial score (nSPS) is 24.2. The number of nitrogens with zero attached hydrogens (tertiary/aromatic N) is 9. The fraction of sp³-hybridized carbons (Fsp3) is 0.386. The van der Waals surface area contributed by atoms with Gasteiger partial charge < -0.3 is 66.9 Å². The van der Waals surface area contributed by atoms with E-state index in [4.69, 9.17) is 57.2 Å². The Kier molecular flexibility index (Phi) is 26.6. The van der Waals surface area contributed by atoms with E-state index >= 15 is 0 Å². The zero-order chi connectivity index (χ0) is 70.6. The number of hydrogen-bond acceptors (Lipinski definition) is 23. The number of ether oxygens (including phenoxy) is 4. The van der Waals surface area contributed by atoms with Crippen molar-refractivity contribution in [2.75, 3.05) is 35.8 Å². The fourth-order valence-electron chi connectivity index (χ4n) is 13.0. The third kappa shape index (κ3) is 19.3. The Morgan fingerprint density at radius 3 is 1.35 bits per heavy atom. The monoisotopic (exact) mass is 1460 g/mol. The second-order valence-electron chi connectivity index (χ2n) is 26.6. The zero-order valence-corrected chi connectivity index (χ0v) is 65.5. The largest absolute Gasteiger partial charge is 1.00 e. The number of carbonyl (C=O) groups is 1. The maximum absolute atomic E-state index is 11.0. The number of nitrogens with one attached hydrogen (secondary N) is 3. The van der Waals surface area contributed by atoms with Crippen LogP contribution in [0.25, 0.3) is 50.7 Å². The average Bonchev–Trinajstić information content (AvgIpc) is 1.51. The Bertz CT molecular complexity index is 4670. The predicted octanol–water partition coefficient (Wildman–Crippen LogP) is -0.696. The van der Waals surface area contributed by atoms with E-state index < -0.39 is 54.1 Å². The third-order valence-electron chi connectivity index (χ3n) is 17.4. The summed E-state index contributed by atoms with van der Waals surface area (Å²) in [7, 11) is -5.58. The Balaban J connectivity index is 0.000000187. The summed E-state index contributed by atoms with van der Waals surface area (Å²) in [5.74, 6) is 8.93. The van der Waals surface area contributed by atoms with E-state index in [1.165, 1.54) is 0 Å². The van der Waals surface area contributed by atoms with Crippen LogP contribution in [0.5, 0.6) is 0 Å². The molecule has 2 aliphatic heterocycles. The molecule has 0 unspecified atom stereocenters. The molecule has 101 heavy (non-hydrogen) atoms. The second-order valence-corrected chi connectivity index (χ2v) is 32.6. The molecular weight excluding hydrogens is 1390 g/mol. The summed E-state index contributed by atoms with van der Waals surface area (Å²) in [5.41, 5.74) is 13.1. The molecule has 3 saturated carbocycles. The van der Waals surface area contributed by atoms with Gasteiger partial charge in [0, 0.05) is 101 Å². The SMILES string of the molecule is C#Cc1cccc(-c2cc3nccc(N[C@@H]4C[C@H](CO)[C@H]5OC(C)(C)O[C@H]54)n3n2)c1.C#Cc1cccc(-c2cc3nccc(N[C@@H]4C[C@H](COS(N)(=O)=O)[C@@H](O)[C@H]4O)n3n2)c1.CC1(C)O[C@@H]2[C@@H](CO)C[C@@H](Nc3ccnc4cc(-c5cccc(C#C[Si](C)(C)C)c5)nn34)[C@@H]2O1.O=CO[O-].[H-].[K+].[K+]. The topological polar surface area (TPSA) is 363 Å². The fourth-order valence-corrected chi connectivity index (χ4v) is 13.9. The van der Waals surface area contributed by atoms with Crippen LogP contribution in [0.4, 0.5) is 17.5 Å². The Morgan fingerprint density at radius 2 is 0.980 bits per heavy atom. The van der Waals surface area contributed by atoms with Crippen LogP contribution in [0.1, 0.15) is 65.1 Å². The van der Waals surface area contributed by atoms with Crippen LogP contribution < -0.4 is 129 Å². The number of fused-ring (bicyclic) bond motifs is 5.